The average molecular weight is 355 g/mol. The summed E-state index contributed by atoms with van der Waals surface area (Å²) in [4.78, 5) is 0. The van der Waals surface area contributed by atoms with E-state index < -0.39 is 45.1 Å². The normalized spacial score (nSPS) is 18.8. The van der Waals surface area contributed by atoms with Crippen LogP contribution in [0.4, 0.5) is 22.0 Å². The summed E-state index contributed by atoms with van der Waals surface area (Å²) < 4.78 is 80.1. The summed E-state index contributed by atoms with van der Waals surface area (Å²) in [5, 5.41) is 0. The third-order valence-electron chi connectivity index (χ3n) is 3.61. The maximum absolute atomic E-state index is 14.1. The van der Waals surface area contributed by atoms with E-state index in [0.717, 1.165) is 12.8 Å². The van der Waals surface area contributed by atoms with E-state index in [9.17, 15) is 26.2 Å². The molecule has 1 aliphatic rings. The predicted octanol–water partition coefficient (Wildman–Crippen LogP) is 4.49. The Kier molecular flexibility index (Phi) is 4.88. The van der Waals surface area contributed by atoms with Gasteiger partial charge in [-0.1, -0.05) is 0 Å². The van der Waals surface area contributed by atoms with Gasteiger partial charge in [-0.2, -0.15) is 13.2 Å². The Morgan fingerprint density at radius 1 is 1.13 bits per heavy atom. The van der Waals surface area contributed by atoms with E-state index in [1.54, 1.807) is 20.8 Å². The Bertz CT molecular complexity index is 620. The van der Waals surface area contributed by atoms with Gasteiger partial charge in [0.25, 0.3) is 0 Å². The van der Waals surface area contributed by atoms with Crippen LogP contribution in [0.3, 0.4) is 0 Å². The SMILES string of the molecule is CC(C)(C)[S@](=O)N[C@H](c1cc(F)c(C(F)(F)F)cc1F)C1CC1. The molecule has 1 fully saturated rings. The van der Waals surface area contributed by atoms with Crippen molar-refractivity contribution in [2.45, 2.75) is 50.6 Å². The van der Waals surface area contributed by atoms with E-state index in [4.69, 9.17) is 0 Å². The summed E-state index contributed by atoms with van der Waals surface area (Å²) in [6.45, 7) is 5.14. The Morgan fingerprint density at radius 2 is 1.70 bits per heavy atom. The van der Waals surface area contributed by atoms with Gasteiger partial charge in [0, 0.05) is 5.56 Å². The molecule has 2 nitrogen and oxygen atoms in total. The number of nitrogens with one attached hydrogen (secondary N) is 1. The quantitative estimate of drug-likeness (QED) is 0.793. The molecule has 0 spiro atoms. The molecule has 0 aliphatic heterocycles. The van der Waals surface area contributed by atoms with Crippen LogP contribution in [0.1, 0.15) is 50.8 Å². The second-order valence-corrected chi connectivity index (χ2v) is 8.66. The first-order valence-corrected chi connectivity index (χ1v) is 8.30. The van der Waals surface area contributed by atoms with E-state index in [2.05, 4.69) is 4.72 Å². The van der Waals surface area contributed by atoms with E-state index in [1.165, 1.54) is 0 Å². The van der Waals surface area contributed by atoms with Crippen LogP contribution in [0.15, 0.2) is 12.1 Å². The van der Waals surface area contributed by atoms with E-state index in [0.29, 0.717) is 6.07 Å². The van der Waals surface area contributed by atoms with Gasteiger partial charge >= 0.3 is 6.18 Å². The Hall–Kier alpha value is -1.02. The highest BCUT2D eigenvalue weighted by molar-refractivity contribution is 7.84. The summed E-state index contributed by atoms with van der Waals surface area (Å²) in [7, 11) is -1.55. The van der Waals surface area contributed by atoms with Gasteiger partial charge in [0.15, 0.2) is 0 Å². The Labute approximate surface area is 134 Å². The van der Waals surface area contributed by atoms with Crippen LogP contribution in [0.2, 0.25) is 0 Å². The first-order chi connectivity index (χ1) is 10.4. The summed E-state index contributed by atoms with van der Waals surface area (Å²) >= 11 is 0. The van der Waals surface area contributed by atoms with Gasteiger partial charge < -0.3 is 0 Å². The first-order valence-electron chi connectivity index (χ1n) is 7.15. The van der Waals surface area contributed by atoms with Crippen molar-refractivity contribution in [2.75, 3.05) is 0 Å². The van der Waals surface area contributed by atoms with Crippen molar-refractivity contribution >= 4 is 11.0 Å². The van der Waals surface area contributed by atoms with Crippen LogP contribution in [0, 0.1) is 17.6 Å². The van der Waals surface area contributed by atoms with Crippen molar-refractivity contribution in [3.63, 3.8) is 0 Å². The van der Waals surface area contributed by atoms with Crippen molar-refractivity contribution < 1.29 is 26.2 Å². The number of alkyl halides is 3. The number of hydrogen-bond donors (Lipinski definition) is 1. The van der Waals surface area contributed by atoms with Gasteiger partial charge in [-0.25, -0.2) is 17.7 Å². The first kappa shape index (κ1) is 18.3. The van der Waals surface area contributed by atoms with Gasteiger partial charge in [0.05, 0.1) is 27.3 Å². The number of benzene rings is 1. The lowest BCUT2D eigenvalue weighted by Gasteiger charge is -2.25. The smallest absolute Gasteiger partial charge is 0.242 e. The molecule has 0 radical (unpaired) electrons. The van der Waals surface area contributed by atoms with Crippen molar-refractivity contribution in [3.8, 4) is 0 Å². The summed E-state index contributed by atoms with van der Waals surface area (Å²) in [5.41, 5.74) is -1.85. The summed E-state index contributed by atoms with van der Waals surface area (Å²) in [6, 6.07) is -0.0396. The molecule has 1 saturated carbocycles. The van der Waals surface area contributed by atoms with Crippen LogP contribution in [0.5, 0.6) is 0 Å². The molecule has 2 atom stereocenters. The van der Waals surface area contributed by atoms with Crippen LogP contribution < -0.4 is 4.72 Å². The van der Waals surface area contributed by atoms with E-state index in [-0.39, 0.29) is 17.5 Å². The lowest BCUT2D eigenvalue weighted by atomic mass is 10.0. The standard InChI is InChI=1S/C15H18F5NOS/c1-14(2,3)23(22)21-13(8-4-5-8)9-6-12(17)10(7-11(9)16)15(18,19)20/h6-8,13,21H,4-5H2,1-3H3/t13-,23-/m0/s1. The fourth-order valence-corrected chi connectivity index (χ4v) is 3.06. The molecule has 0 heterocycles. The van der Waals surface area contributed by atoms with Crippen molar-refractivity contribution in [1.29, 1.82) is 0 Å². The molecule has 8 heteroatoms. The van der Waals surface area contributed by atoms with E-state index in [1.807, 2.05) is 0 Å². The zero-order chi connectivity index (χ0) is 17.6. The fraction of sp³-hybridized carbons (Fsp3) is 0.600. The molecule has 130 valence electrons. The predicted molar refractivity (Wildman–Crippen MR) is 77.9 cm³/mol. The molecule has 0 aromatic heterocycles. The minimum Gasteiger partial charge on any atom is -0.242 e. The molecule has 23 heavy (non-hydrogen) atoms. The van der Waals surface area contributed by atoms with Crippen molar-refractivity contribution in [1.82, 2.24) is 4.72 Å². The molecule has 1 aromatic carbocycles. The second kappa shape index (κ2) is 6.12. The third-order valence-corrected chi connectivity index (χ3v) is 5.19. The minimum absolute atomic E-state index is 0.0630. The van der Waals surface area contributed by atoms with Gasteiger partial charge in [-0.3, -0.25) is 0 Å². The van der Waals surface area contributed by atoms with Gasteiger partial charge in [-0.05, 0) is 51.7 Å². The molecule has 0 unspecified atom stereocenters. The van der Waals surface area contributed by atoms with Crippen molar-refractivity contribution in [3.05, 3.63) is 34.9 Å². The lowest BCUT2D eigenvalue weighted by molar-refractivity contribution is -0.140. The third kappa shape index (κ3) is 4.29. The van der Waals surface area contributed by atoms with Crippen LogP contribution in [-0.4, -0.2) is 8.96 Å². The molecular weight excluding hydrogens is 337 g/mol. The maximum Gasteiger partial charge on any atom is 0.419 e. The maximum atomic E-state index is 14.1. The molecule has 2 rings (SSSR count). The van der Waals surface area contributed by atoms with Crippen LogP contribution >= 0.6 is 0 Å². The number of hydrogen-bond acceptors (Lipinski definition) is 1. The van der Waals surface area contributed by atoms with Gasteiger partial charge in [0.2, 0.25) is 0 Å². The summed E-state index contributed by atoms with van der Waals surface area (Å²) in [6.07, 6.45) is -3.51. The zero-order valence-electron chi connectivity index (χ0n) is 12.9. The molecule has 1 aromatic rings. The molecule has 1 N–H and O–H groups in total. The zero-order valence-corrected chi connectivity index (χ0v) is 13.7. The highest BCUT2D eigenvalue weighted by atomic mass is 32.2. The van der Waals surface area contributed by atoms with Gasteiger partial charge in [-0.15, -0.1) is 0 Å². The highest BCUT2D eigenvalue weighted by Gasteiger charge is 2.40. The molecule has 0 saturated heterocycles. The van der Waals surface area contributed by atoms with Crippen molar-refractivity contribution in [2.24, 2.45) is 5.92 Å². The topological polar surface area (TPSA) is 29.1 Å². The van der Waals surface area contributed by atoms with Crippen LogP contribution in [0.25, 0.3) is 0 Å². The average Bonchev–Trinajstić information content (AvgIpc) is 3.20. The highest BCUT2D eigenvalue weighted by Crippen LogP contribution is 2.43. The fourth-order valence-electron chi connectivity index (χ4n) is 2.15. The number of rotatable bonds is 4. The van der Waals surface area contributed by atoms with Gasteiger partial charge in [0.1, 0.15) is 11.6 Å². The Balaban J connectivity index is 2.37. The monoisotopic (exact) mass is 355 g/mol. The molecule has 1 aliphatic carbocycles. The second-order valence-electron chi connectivity index (χ2n) is 6.67. The molecular formula is C15H18F5NOS. The van der Waals surface area contributed by atoms with Crippen LogP contribution in [-0.2, 0) is 17.2 Å². The number of halogens is 5. The minimum atomic E-state index is -4.96. The summed E-state index contributed by atoms with van der Waals surface area (Å²) in [5.74, 6) is -2.73. The van der Waals surface area contributed by atoms with E-state index >= 15 is 0 Å². The Morgan fingerprint density at radius 3 is 2.13 bits per heavy atom. The molecule has 0 bridgehead atoms. The lowest BCUT2D eigenvalue weighted by Crippen LogP contribution is -2.37. The molecule has 0 amide bonds. The largest absolute Gasteiger partial charge is 0.419 e.